The fourth-order valence-electron chi connectivity index (χ4n) is 1.67. The van der Waals surface area contributed by atoms with Crippen LogP contribution in [0.15, 0.2) is 24.3 Å². The van der Waals surface area contributed by atoms with Crippen LogP contribution in [0.2, 0.25) is 0 Å². The van der Waals surface area contributed by atoms with Crippen LogP contribution in [0.4, 0.5) is 0 Å². The molecule has 1 atom stereocenters. The molecular formula is C15H20N2O2. The number of amides is 1. The number of carbonyl (C=O) groups excluding carboxylic acids is 1. The molecule has 1 aromatic rings. The van der Waals surface area contributed by atoms with Gasteiger partial charge in [-0.2, -0.15) is 5.26 Å². The monoisotopic (exact) mass is 260 g/mol. The van der Waals surface area contributed by atoms with E-state index in [0.717, 1.165) is 11.3 Å². The largest absolute Gasteiger partial charge is 0.494 e. The second kappa shape index (κ2) is 8.15. The lowest BCUT2D eigenvalue weighted by Crippen LogP contribution is -2.33. The van der Waals surface area contributed by atoms with Crippen LogP contribution in [0.1, 0.15) is 32.3 Å². The minimum atomic E-state index is -0.382. The number of hydrogen-bond acceptors (Lipinski definition) is 3. The van der Waals surface area contributed by atoms with Crippen molar-refractivity contribution < 1.29 is 9.53 Å². The highest BCUT2D eigenvalue weighted by molar-refractivity contribution is 5.76. The lowest BCUT2D eigenvalue weighted by molar-refractivity contribution is -0.121. The lowest BCUT2D eigenvalue weighted by Gasteiger charge is -2.09. The summed E-state index contributed by atoms with van der Waals surface area (Å²) in [6.07, 6.45) is 1.69. The first-order valence-corrected chi connectivity index (χ1v) is 6.60. The van der Waals surface area contributed by atoms with E-state index in [4.69, 9.17) is 10.00 Å². The fourth-order valence-corrected chi connectivity index (χ4v) is 1.67. The van der Waals surface area contributed by atoms with E-state index in [-0.39, 0.29) is 11.9 Å². The van der Waals surface area contributed by atoms with Gasteiger partial charge in [-0.25, -0.2) is 0 Å². The van der Waals surface area contributed by atoms with Gasteiger partial charge < -0.3 is 10.1 Å². The van der Waals surface area contributed by atoms with E-state index >= 15 is 0 Å². The quantitative estimate of drug-likeness (QED) is 0.819. The average molecular weight is 260 g/mol. The number of benzene rings is 1. The maximum Gasteiger partial charge on any atom is 0.221 e. The van der Waals surface area contributed by atoms with Crippen molar-refractivity contribution in [3.63, 3.8) is 0 Å². The van der Waals surface area contributed by atoms with Crippen molar-refractivity contribution in [3.8, 4) is 11.8 Å². The molecule has 0 heterocycles. The highest BCUT2D eigenvalue weighted by Gasteiger charge is 2.08. The zero-order valence-electron chi connectivity index (χ0n) is 11.5. The maximum absolute atomic E-state index is 11.6. The van der Waals surface area contributed by atoms with Crippen molar-refractivity contribution in [1.82, 2.24) is 5.32 Å². The minimum absolute atomic E-state index is 0.0812. The van der Waals surface area contributed by atoms with E-state index in [2.05, 4.69) is 11.4 Å². The van der Waals surface area contributed by atoms with Gasteiger partial charge in [0.1, 0.15) is 11.8 Å². The van der Waals surface area contributed by atoms with Gasteiger partial charge in [0.2, 0.25) is 5.91 Å². The molecule has 19 heavy (non-hydrogen) atoms. The summed E-state index contributed by atoms with van der Waals surface area (Å²) in [7, 11) is 0. The summed E-state index contributed by atoms with van der Waals surface area (Å²) >= 11 is 0. The van der Waals surface area contributed by atoms with Crippen LogP contribution in [0.25, 0.3) is 0 Å². The molecule has 1 amide bonds. The Hall–Kier alpha value is -2.02. The van der Waals surface area contributed by atoms with Gasteiger partial charge >= 0.3 is 0 Å². The van der Waals surface area contributed by atoms with Gasteiger partial charge in [-0.1, -0.05) is 19.1 Å². The SMILES string of the molecule is CCOc1ccc(CCC(=O)N[C@H](C#N)CC)cc1. The zero-order chi connectivity index (χ0) is 14.1. The van der Waals surface area contributed by atoms with E-state index in [1.165, 1.54) is 0 Å². The number of nitrogens with one attached hydrogen (secondary N) is 1. The molecule has 1 aromatic carbocycles. The van der Waals surface area contributed by atoms with Crippen LogP contribution in [-0.2, 0) is 11.2 Å². The Labute approximate surface area is 114 Å². The molecule has 0 unspecified atom stereocenters. The molecular weight excluding hydrogens is 240 g/mol. The lowest BCUT2D eigenvalue weighted by atomic mass is 10.1. The number of carbonyl (C=O) groups is 1. The predicted molar refractivity (Wildman–Crippen MR) is 73.8 cm³/mol. The summed E-state index contributed by atoms with van der Waals surface area (Å²) < 4.78 is 5.35. The number of nitrogens with zero attached hydrogens (tertiary/aromatic N) is 1. The van der Waals surface area contributed by atoms with Crippen LogP contribution >= 0.6 is 0 Å². The molecule has 0 radical (unpaired) electrons. The van der Waals surface area contributed by atoms with Crippen LogP contribution in [0.5, 0.6) is 5.75 Å². The van der Waals surface area contributed by atoms with Crippen molar-refractivity contribution in [2.45, 2.75) is 39.2 Å². The standard InChI is InChI=1S/C15H20N2O2/c1-3-13(11-16)17-15(18)10-7-12-5-8-14(9-6-12)19-4-2/h5-6,8-9,13H,3-4,7,10H2,1-2H3,(H,17,18)/t13-/m0/s1. The molecule has 4 nitrogen and oxygen atoms in total. The summed E-state index contributed by atoms with van der Waals surface area (Å²) in [5, 5.41) is 11.5. The average Bonchev–Trinajstić information content (AvgIpc) is 2.44. The number of ether oxygens (including phenoxy) is 1. The molecule has 0 saturated carbocycles. The van der Waals surface area contributed by atoms with Gasteiger partial charge in [0.25, 0.3) is 0 Å². The van der Waals surface area contributed by atoms with Gasteiger partial charge in [0.15, 0.2) is 0 Å². The van der Waals surface area contributed by atoms with E-state index < -0.39 is 0 Å². The smallest absolute Gasteiger partial charge is 0.221 e. The number of aryl methyl sites for hydroxylation is 1. The summed E-state index contributed by atoms with van der Waals surface area (Å²) in [6.45, 7) is 4.46. The van der Waals surface area contributed by atoms with Crippen LogP contribution < -0.4 is 10.1 Å². The number of nitriles is 1. The van der Waals surface area contributed by atoms with Gasteiger partial charge in [-0.05, 0) is 37.5 Å². The first kappa shape index (κ1) is 15.0. The summed E-state index contributed by atoms with van der Waals surface area (Å²) in [5.41, 5.74) is 1.09. The highest BCUT2D eigenvalue weighted by atomic mass is 16.5. The molecule has 1 rings (SSSR count). The van der Waals surface area contributed by atoms with Gasteiger partial charge in [0, 0.05) is 6.42 Å². The third-order valence-electron chi connectivity index (χ3n) is 2.77. The summed E-state index contributed by atoms with van der Waals surface area (Å²) in [6, 6.07) is 9.40. The molecule has 0 aliphatic rings. The predicted octanol–water partition coefficient (Wildman–Crippen LogP) is 2.44. The molecule has 102 valence electrons. The van der Waals surface area contributed by atoms with E-state index in [0.29, 0.717) is 25.9 Å². The zero-order valence-corrected chi connectivity index (χ0v) is 11.5. The van der Waals surface area contributed by atoms with Gasteiger partial charge in [0.05, 0.1) is 12.7 Å². The van der Waals surface area contributed by atoms with Crippen molar-refractivity contribution in [2.24, 2.45) is 0 Å². The van der Waals surface area contributed by atoms with Crippen molar-refractivity contribution in [3.05, 3.63) is 29.8 Å². The first-order chi connectivity index (χ1) is 9.19. The Bertz CT molecular complexity index is 434. The third kappa shape index (κ3) is 5.43. The summed E-state index contributed by atoms with van der Waals surface area (Å²) in [5.74, 6) is 0.758. The van der Waals surface area contributed by atoms with Crippen LogP contribution in [-0.4, -0.2) is 18.6 Å². The Morgan fingerprint density at radius 2 is 2.05 bits per heavy atom. The number of hydrogen-bond donors (Lipinski definition) is 1. The normalized spacial score (nSPS) is 11.4. The highest BCUT2D eigenvalue weighted by Crippen LogP contribution is 2.13. The van der Waals surface area contributed by atoms with Gasteiger partial charge in [-0.3, -0.25) is 4.79 Å². The van der Waals surface area contributed by atoms with Crippen molar-refractivity contribution >= 4 is 5.91 Å². The second-order valence-electron chi connectivity index (χ2n) is 4.23. The first-order valence-electron chi connectivity index (χ1n) is 6.60. The molecule has 0 spiro atoms. The van der Waals surface area contributed by atoms with Crippen LogP contribution in [0, 0.1) is 11.3 Å². The van der Waals surface area contributed by atoms with Crippen molar-refractivity contribution in [1.29, 1.82) is 5.26 Å². The minimum Gasteiger partial charge on any atom is -0.494 e. The topological polar surface area (TPSA) is 62.1 Å². The van der Waals surface area contributed by atoms with E-state index in [1.54, 1.807) is 0 Å². The molecule has 0 bridgehead atoms. The summed E-state index contributed by atoms with van der Waals surface area (Å²) in [4.78, 5) is 11.6. The molecule has 0 aliphatic carbocycles. The Morgan fingerprint density at radius 3 is 2.58 bits per heavy atom. The molecule has 0 aromatic heterocycles. The Morgan fingerprint density at radius 1 is 1.37 bits per heavy atom. The van der Waals surface area contributed by atoms with E-state index in [1.807, 2.05) is 38.1 Å². The fraction of sp³-hybridized carbons (Fsp3) is 0.467. The second-order valence-corrected chi connectivity index (χ2v) is 4.23. The third-order valence-corrected chi connectivity index (χ3v) is 2.77. The van der Waals surface area contributed by atoms with Gasteiger partial charge in [-0.15, -0.1) is 0 Å². The Kier molecular flexibility index (Phi) is 6.45. The molecule has 0 saturated heterocycles. The van der Waals surface area contributed by atoms with Crippen molar-refractivity contribution in [2.75, 3.05) is 6.61 Å². The van der Waals surface area contributed by atoms with E-state index in [9.17, 15) is 4.79 Å². The molecule has 1 N–H and O–H groups in total. The maximum atomic E-state index is 11.6. The molecule has 0 aliphatic heterocycles. The Balaban J connectivity index is 2.40. The number of rotatable bonds is 7. The molecule has 4 heteroatoms. The molecule has 0 fully saturated rings. The van der Waals surface area contributed by atoms with Crippen LogP contribution in [0.3, 0.4) is 0 Å².